The number of benzene rings is 1. The smallest absolute Gasteiger partial charge is 0.251 e. The van der Waals surface area contributed by atoms with Crippen molar-refractivity contribution in [2.45, 2.75) is 30.2 Å². The second-order valence-corrected chi connectivity index (χ2v) is 6.54. The largest absolute Gasteiger partial charge is 0.352 e. The Balaban J connectivity index is 2.08. The lowest BCUT2D eigenvalue weighted by atomic mass is 10.2. The molecule has 1 amide bonds. The molecule has 4 N–H and O–H groups in total. The Kier molecular flexibility index (Phi) is 4.74. The van der Waals surface area contributed by atoms with Crippen LogP contribution in [-0.2, 0) is 10.0 Å². The maximum Gasteiger partial charge on any atom is 0.251 e. The maximum absolute atomic E-state index is 12.1. The maximum atomic E-state index is 12.1. The molecule has 1 aliphatic carbocycles. The van der Waals surface area contributed by atoms with Crippen molar-refractivity contribution in [1.82, 2.24) is 10.0 Å². The fourth-order valence-electron chi connectivity index (χ4n) is 1.70. The minimum absolute atomic E-state index is 0.0436. The SMILES string of the molecule is NCCCNC(=O)c1cccc(S(=O)(=O)NC2CC2)c1. The highest BCUT2D eigenvalue weighted by atomic mass is 32.2. The Morgan fingerprint density at radius 1 is 1.35 bits per heavy atom. The van der Waals surface area contributed by atoms with E-state index >= 15 is 0 Å². The molecule has 0 saturated heterocycles. The van der Waals surface area contributed by atoms with Crippen molar-refractivity contribution in [2.75, 3.05) is 13.1 Å². The molecule has 0 unspecified atom stereocenters. The lowest BCUT2D eigenvalue weighted by Crippen LogP contribution is -2.28. The van der Waals surface area contributed by atoms with E-state index in [9.17, 15) is 13.2 Å². The number of sulfonamides is 1. The first kappa shape index (κ1) is 15.0. The third kappa shape index (κ3) is 4.03. The molecule has 1 aromatic rings. The Labute approximate surface area is 118 Å². The number of nitrogens with two attached hydrogens (primary N) is 1. The average molecular weight is 297 g/mol. The molecule has 2 rings (SSSR count). The van der Waals surface area contributed by atoms with E-state index in [2.05, 4.69) is 10.0 Å². The lowest BCUT2D eigenvalue weighted by Gasteiger charge is -2.08. The van der Waals surface area contributed by atoms with Gasteiger partial charge in [0.25, 0.3) is 5.91 Å². The van der Waals surface area contributed by atoms with Gasteiger partial charge in [-0.15, -0.1) is 0 Å². The normalized spacial score (nSPS) is 15.1. The summed E-state index contributed by atoms with van der Waals surface area (Å²) in [4.78, 5) is 12.0. The molecule has 1 fully saturated rings. The average Bonchev–Trinajstić information content (AvgIpc) is 3.22. The second kappa shape index (κ2) is 6.34. The first-order chi connectivity index (χ1) is 9.53. The summed E-state index contributed by atoms with van der Waals surface area (Å²) in [5.41, 5.74) is 5.68. The summed E-state index contributed by atoms with van der Waals surface area (Å²) in [6, 6.07) is 6.08. The first-order valence-corrected chi connectivity index (χ1v) is 8.12. The van der Waals surface area contributed by atoms with Gasteiger partial charge in [-0.2, -0.15) is 0 Å². The van der Waals surface area contributed by atoms with Crippen LogP contribution in [0.2, 0.25) is 0 Å². The van der Waals surface area contributed by atoms with Crippen LogP contribution in [0.25, 0.3) is 0 Å². The zero-order chi connectivity index (χ0) is 14.6. The van der Waals surface area contributed by atoms with Crippen molar-refractivity contribution in [3.63, 3.8) is 0 Å². The van der Waals surface area contributed by atoms with Gasteiger partial charge >= 0.3 is 0 Å². The van der Waals surface area contributed by atoms with Gasteiger partial charge in [-0.05, 0) is 44.0 Å². The van der Waals surface area contributed by atoms with E-state index in [1.165, 1.54) is 12.1 Å². The van der Waals surface area contributed by atoms with Crippen LogP contribution in [-0.4, -0.2) is 33.5 Å². The molecule has 0 aromatic heterocycles. The van der Waals surface area contributed by atoms with Crippen LogP contribution >= 0.6 is 0 Å². The molecule has 1 aliphatic rings. The predicted octanol–water partition coefficient (Wildman–Crippen LogP) is 0.206. The third-order valence-corrected chi connectivity index (χ3v) is 4.49. The molecular weight excluding hydrogens is 278 g/mol. The molecule has 0 radical (unpaired) electrons. The molecule has 1 aromatic carbocycles. The van der Waals surface area contributed by atoms with E-state index in [4.69, 9.17) is 5.73 Å². The van der Waals surface area contributed by atoms with Crippen LogP contribution in [0.3, 0.4) is 0 Å². The van der Waals surface area contributed by atoms with Crippen molar-refractivity contribution in [2.24, 2.45) is 5.73 Å². The summed E-state index contributed by atoms with van der Waals surface area (Å²) in [7, 11) is -3.53. The Bertz CT molecular complexity index is 582. The summed E-state index contributed by atoms with van der Waals surface area (Å²) >= 11 is 0. The molecule has 1 saturated carbocycles. The van der Waals surface area contributed by atoms with E-state index in [1.807, 2.05) is 0 Å². The molecule has 0 aliphatic heterocycles. The number of nitrogens with one attached hydrogen (secondary N) is 2. The summed E-state index contributed by atoms with van der Waals surface area (Å²) in [6.07, 6.45) is 2.43. The van der Waals surface area contributed by atoms with E-state index in [-0.39, 0.29) is 16.8 Å². The number of carbonyl (C=O) groups excluding carboxylic acids is 1. The summed E-state index contributed by atoms with van der Waals surface area (Å²) in [6.45, 7) is 0.979. The molecule has 6 nitrogen and oxygen atoms in total. The van der Waals surface area contributed by atoms with Gasteiger partial charge in [-0.3, -0.25) is 4.79 Å². The van der Waals surface area contributed by atoms with Crippen molar-refractivity contribution in [3.05, 3.63) is 29.8 Å². The molecule has 0 spiro atoms. The van der Waals surface area contributed by atoms with E-state index in [0.29, 0.717) is 25.1 Å². The minimum atomic E-state index is -3.53. The van der Waals surface area contributed by atoms with Crippen LogP contribution in [0, 0.1) is 0 Å². The molecule has 7 heteroatoms. The third-order valence-electron chi connectivity index (χ3n) is 2.97. The summed E-state index contributed by atoms with van der Waals surface area (Å²) < 4.78 is 26.7. The molecule has 0 bridgehead atoms. The Morgan fingerprint density at radius 3 is 2.75 bits per heavy atom. The van der Waals surface area contributed by atoms with Crippen LogP contribution in [0.5, 0.6) is 0 Å². The monoisotopic (exact) mass is 297 g/mol. The number of carbonyl (C=O) groups is 1. The van der Waals surface area contributed by atoms with Gasteiger partial charge in [-0.1, -0.05) is 6.07 Å². The van der Waals surface area contributed by atoms with Crippen LogP contribution in [0.4, 0.5) is 0 Å². The lowest BCUT2D eigenvalue weighted by molar-refractivity contribution is 0.0953. The topological polar surface area (TPSA) is 101 Å². The van der Waals surface area contributed by atoms with Gasteiger partial charge in [0, 0.05) is 18.2 Å². The Hall–Kier alpha value is -1.44. The molecule has 20 heavy (non-hydrogen) atoms. The summed E-state index contributed by atoms with van der Waals surface area (Å²) in [5.74, 6) is -0.290. The summed E-state index contributed by atoms with van der Waals surface area (Å²) in [5, 5.41) is 2.70. The van der Waals surface area contributed by atoms with Crippen LogP contribution < -0.4 is 15.8 Å². The van der Waals surface area contributed by atoms with Crippen LogP contribution in [0.15, 0.2) is 29.2 Å². The van der Waals surface area contributed by atoms with Crippen molar-refractivity contribution >= 4 is 15.9 Å². The zero-order valence-corrected chi connectivity index (χ0v) is 11.9. The van der Waals surface area contributed by atoms with Gasteiger partial charge < -0.3 is 11.1 Å². The quantitative estimate of drug-likeness (QED) is 0.626. The van der Waals surface area contributed by atoms with Crippen molar-refractivity contribution in [1.29, 1.82) is 0 Å². The van der Waals surface area contributed by atoms with E-state index in [0.717, 1.165) is 12.8 Å². The highest BCUT2D eigenvalue weighted by Crippen LogP contribution is 2.22. The molecule has 0 atom stereocenters. The molecule has 110 valence electrons. The van der Waals surface area contributed by atoms with Crippen LogP contribution in [0.1, 0.15) is 29.6 Å². The first-order valence-electron chi connectivity index (χ1n) is 6.63. The fraction of sp³-hybridized carbons (Fsp3) is 0.462. The second-order valence-electron chi connectivity index (χ2n) is 4.82. The van der Waals surface area contributed by atoms with Gasteiger partial charge in [-0.25, -0.2) is 13.1 Å². The number of rotatable bonds is 7. The van der Waals surface area contributed by atoms with E-state index < -0.39 is 10.0 Å². The standard InChI is InChI=1S/C13H19N3O3S/c14-7-2-8-15-13(17)10-3-1-4-12(9-10)20(18,19)16-11-5-6-11/h1,3-4,9,11,16H,2,5-8,14H2,(H,15,17). The van der Waals surface area contributed by atoms with Gasteiger partial charge in [0.2, 0.25) is 10.0 Å². The van der Waals surface area contributed by atoms with Crippen molar-refractivity contribution in [3.8, 4) is 0 Å². The zero-order valence-electron chi connectivity index (χ0n) is 11.1. The Morgan fingerprint density at radius 2 is 2.10 bits per heavy atom. The molecule has 0 heterocycles. The predicted molar refractivity (Wildman–Crippen MR) is 75.8 cm³/mol. The highest BCUT2D eigenvalue weighted by molar-refractivity contribution is 7.89. The number of hydrogen-bond donors (Lipinski definition) is 3. The highest BCUT2D eigenvalue weighted by Gasteiger charge is 2.28. The molecular formula is C13H19N3O3S. The number of hydrogen-bond acceptors (Lipinski definition) is 4. The number of amides is 1. The van der Waals surface area contributed by atoms with Gasteiger partial charge in [0.15, 0.2) is 0 Å². The van der Waals surface area contributed by atoms with Gasteiger partial charge in [0.05, 0.1) is 4.90 Å². The van der Waals surface area contributed by atoms with Crippen molar-refractivity contribution < 1.29 is 13.2 Å². The minimum Gasteiger partial charge on any atom is -0.352 e. The van der Waals surface area contributed by atoms with E-state index in [1.54, 1.807) is 12.1 Å². The van der Waals surface area contributed by atoms with Gasteiger partial charge in [0.1, 0.15) is 0 Å². The fourth-order valence-corrected chi connectivity index (χ4v) is 3.05.